The molecule has 0 aliphatic carbocycles. The zero-order valence-electron chi connectivity index (χ0n) is 14.4. The Morgan fingerprint density at radius 2 is 2.12 bits per heavy atom. The molecule has 0 bridgehead atoms. The highest BCUT2D eigenvalue weighted by Crippen LogP contribution is 2.13. The highest BCUT2D eigenvalue weighted by Gasteiger charge is 2.15. The average molecular weight is 339 g/mol. The molecule has 1 unspecified atom stereocenters. The number of anilines is 1. The van der Waals surface area contributed by atoms with Crippen LogP contribution in [0.15, 0.2) is 48.7 Å². The van der Waals surface area contributed by atoms with Crippen LogP contribution in [0.3, 0.4) is 0 Å². The summed E-state index contributed by atoms with van der Waals surface area (Å²) in [5.74, 6) is 0.656. The van der Waals surface area contributed by atoms with Gasteiger partial charge < -0.3 is 15.4 Å². The van der Waals surface area contributed by atoms with Crippen LogP contribution in [-0.4, -0.2) is 36.7 Å². The maximum absolute atomic E-state index is 12.3. The van der Waals surface area contributed by atoms with E-state index in [9.17, 15) is 4.79 Å². The van der Waals surface area contributed by atoms with Crippen molar-refractivity contribution in [1.82, 2.24) is 10.3 Å². The minimum Gasteiger partial charge on any atom is -0.376 e. The lowest BCUT2D eigenvalue weighted by atomic mass is 10.1. The quantitative estimate of drug-likeness (QED) is 0.726. The highest BCUT2D eigenvalue weighted by molar-refractivity contribution is 5.94. The van der Waals surface area contributed by atoms with Crippen LogP contribution < -0.4 is 10.6 Å². The molecular formula is C20H25N3O2. The largest absolute Gasteiger partial charge is 0.376 e. The molecule has 1 aromatic heterocycles. The van der Waals surface area contributed by atoms with Crippen LogP contribution in [0.1, 0.15) is 35.2 Å². The van der Waals surface area contributed by atoms with Gasteiger partial charge in [-0.2, -0.15) is 0 Å². The smallest absolute Gasteiger partial charge is 0.251 e. The number of ether oxygens (including phenoxy) is 1. The van der Waals surface area contributed by atoms with Gasteiger partial charge in [-0.05, 0) is 43.4 Å². The Bertz CT molecular complexity index is 670. The number of hydrogen-bond donors (Lipinski definition) is 2. The number of aromatic nitrogens is 1. The van der Waals surface area contributed by atoms with Gasteiger partial charge in [-0.1, -0.05) is 30.3 Å². The highest BCUT2D eigenvalue weighted by atomic mass is 16.5. The van der Waals surface area contributed by atoms with Crippen LogP contribution in [0.25, 0.3) is 0 Å². The molecule has 3 rings (SSSR count). The van der Waals surface area contributed by atoms with Gasteiger partial charge in [0, 0.05) is 31.5 Å². The van der Waals surface area contributed by atoms with Gasteiger partial charge in [0.15, 0.2) is 0 Å². The zero-order valence-corrected chi connectivity index (χ0v) is 14.4. The number of carbonyl (C=O) groups excluding carboxylic acids is 1. The lowest BCUT2D eigenvalue weighted by Gasteiger charge is -2.12. The molecule has 2 aromatic rings. The van der Waals surface area contributed by atoms with Crippen LogP contribution in [0.4, 0.5) is 5.82 Å². The molecular weight excluding hydrogens is 314 g/mol. The van der Waals surface area contributed by atoms with E-state index in [2.05, 4.69) is 27.8 Å². The number of pyridine rings is 1. The van der Waals surface area contributed by atoms with E-state index in [0.29, 0.717) is 17.9 Å². The standard InChI is InChI=1S/C20H25N3O2/c24-20(22-11-4-8-16-6-2-1-3-7-16)17-10-12-21-19(14-17)23-15-18-9-5-13-25-18/h1-3,6-7,10,12,14,18H,4-5,8-9,11,13,15H2,(H,21,23)(H,22,24). The minimum absolute atomic E-state index is 0.0596. The minimum atomic E-state index is -0.0596. The fraction of sp³-hybridized carbons (Fsp3) is 0.400. The number of carbonyl (C=O) groups is 1. The molecule has 1 aromatic carbocycles. The van der Waals surface area contributed by atoms with Gasteiger partial charge in [0.2, 0.25) is 0 Å². The number of aryl methyl sites for hydroxylation is 1. The summed E-state index contributed by atoms with van der Waals surface area (Å²) in [5, 5.41) is 6.23. The normalized spacial score (nSPS) is 16.6. The summed E-state index contributed by atoms with van der Waals surface area (Å²) in [6, 6.07) is 13.8. The van der Waals surface area contributed by atoms with E-state index in [-0.39, 0.29) is 12.0 Å². The van der Waals surface area contributed by atoms with Gasteiger partial charge in [-0.15, -0.1) is 0 Å². The topological polar surface area (TPSA) is 63.2 Å². The molecule has 132 valence electrons. The van der Waals surface area contributed by atoms with E-state index in [1.54, 1.807) is 18.3 Å². The first-order valence-electron chi connectivity index (χ1n) is 8.95. The summed E-state index contributed by atoms with van der Waals surface area (Å²) in [5.41, 5.74) is 1.92. The van der Waals surface area contributed by atoms with Crippen LogP contribution >= 0.6 is 0 Å². The maximum Gasteiger partial charge on any atom is 0.251 e. The number of benzene rings is 1. The Morgan fingerprint density at radius 1 is 1.24 bits per heavy atom. The zero-order chi connectivity index (χ0) is 17.3. The van der Waals surface area contributed by atoms with Gasteiger partial charge in [-0.3, -0.25) is 4.79 Å². The van der Waals surface area contributed by atoms with E-state index in [0.717, 1.165) is 38.8 Å². The SMILES string of the molecule is O=C(NCCCc1ccccc1)c1ccnc(NCC2CCCO2)c1. The van der Waals surface area contributed by atoms with Crippen molar-refractivity contribution < 1.29 is 9.53 Å². The van der Waals surface area contributed by atoms with Crippen molar-refractivity contribution in [2.75, 3.05) is 25.0 Å². The van der Waals surface area contributed by atoms with Crippen molar-refractivity contribution in [2.24, 2.45) is 0 Å². The number of amides is 1. The van der Waals surface area contributed by atoms with Crippen molar-refractivity contribution in [3.05, 3.63) is 59.8 Å². The summed E-state index contributed by atoms with van der Waals surface area (Å²) < 4.78 is 5.58. The lowest BCUT2D eigenvalue weighted by molar-refractivity contribution is 0.0953. The van der Waals surface area contributed by atoms with Gasteiger partial charge >= 0.3 is 0 Å². The fourth-order valence-electron chi connectivity index (χ4n) is 2.93. The van der Waals surface area contributed by atoms with Gasteiger partial charge in [0.05, 0.1) is 6.10 Å². The van der Waals surface area contributed by atoms with Crippen molar-refractivity contribution in [3.63, 3.8) is 0 Å². The summed E-state index contributed by atoms with van der Waals surface area (Å²) >= 11 is 0. The number of nitrogens with zero attached hydrogens (tertiary/aromatic N) is 1. The Balaban J connectivity index is 1.42. The van der Waals surface area contributed by atoms with Gasteiger partial charge in [0.25, 0.3) is 5.91 Å². The van der Waals surface area contributed by atoms with E-state index in [4.69, 9.17) is 4.74 Å². The first kappa shape index (κ1) is 17.4. The molecule has 0 spiro atoms. The Morgan fingerprint density at radius 3 is 2.92 bits per heavy atom. The molecule has 0 radical (unpaired) electrons. The molecule has 5 nitrogen and oxygen atoms in total. The fourth-order valence-corrected chi connectivity index (χ4v) is 2.93. The molecule has 25 heavy (non-hydrogen) atoms. The average Bonchev–Trinajstić information content (AvgIpc) is 3.18. The second-order valence-corrected chi connectivity index (χ2v) is 6.29. The molecule has 1 fully saturated rings. The van der Waals surface area contributed by atoms with Gasteiger partial charge in [-0.25, -0.2) is 4.98 Å². The number of nitrogens with one attached hydrogen (secondary N) is 2. The molecule has 1 atom stereocenters. The number of rotatable bonds is 8. The van der Waals surface area contributed by atoms with Crippen LogP contribution in [-0.2, 0) is 11.2 Å². The van der Waals surface area contributed by atoms with Crippen molar-refractivity contribution in [2.45, 2.75) is 31.8 Å². The summed E-state index contributed by atoms with van der Waals surface area (Å²) in [6.45, 7) is 2.23. The van der Waals surface area contributed by atoms with Crippen molar-refractivity contribution in [3.8, 4) is 0 Å². The third kappa shape index (κ3) is 5.57. The summed E-state index contributed by atoms with van der Waals surface area (Å²) in [6.07, 6.45) is 5.99. The van der Waals surface area contributed by atoms with Crippen LogP contribution in [0.2, 0.25) is 0 Å². The molecule has 1 amide bonds. The molecule has 0 saturated carbocycles. The molecule has 5 heteroatoms. The maximum atomic E-state index is 12.3. The predicted molar refractivity (Wildman–Crippen MR) is 98.8 cm³/mol. The molecule has 2 heterocycles. The predicted octanol–water partition coefficient (Wildman–Crippen LogP) is 3.04. The van der Waals surface area contributed by atoms with Crippen LogP contribution in [0.5, 0.6) is 0 Å². The van der Waals surface area contributed by atoms with E-state index in [1.165, 1.54) is 5.56 Å². The molecule has 1 aliphatic rings. The Labute approximate surface area is 148 Å². The van der Waals surface area contributed by atoms with Gasteiger partial charge in [0.1, 0.15) is 5.82 Å². The second-order valence-electron chi connectivity index (χ2n) is 6.29. The molecule has 2 N–H and O–H groups in total. The lowest BCUT2D eigenvalue weighted by Crippen LogP contribution is -2.25. The van der Waals surface area contributed by atoms with E-state index >= 15 is 0 Å². The third-order valence-electron chi connectivity index (χ3n) is 4.33. The third-order valence-corrected chi connectivity index (χ3v) is 4.33. The first-order valence-corrected chi connectivity index (χ1v) is 8.95. The monoisotopic (exact) mass is 339 g/mol. The molecule has 1 aliphatic heterocycles. The Hall–Kier alpha value is -2.40. The summed E-state index contributed by atoms with van der Waals surface area (Å²) in [4.78, 5) is 16.5. The van der Waals surface area contributed by atoms with Crippen molar-refractivity contribution >= 4 is 11.7 Å². The van der Waals surface area contributed by atoms with E-state index < -0.39 is 0 Å². The van der Waals surface area contributed by atoms with E-state index in [1.807, 2.05) is 18.2 Å². The number of hydrogen-bond acceptors (Lipinski definition) is 4. The second kappa shape index (κ2) is 9.18. The first-order chi connectivity index (χ1) is 12.3. The Kier molecular flexibility index (Phi) is 6.40. The van der Waals surface area contributed by atoms with Crippen molar-refractivity contribution in [1.29, 1.82) is 0 Å². The summed E-state index contributed by atoms with van der Waals surface area (Å²) in [7, 11) is 0. The van der Waals surface area contributed by atoms with Crippen LogP contribution in [0, 0.1) is 0 Å². The molecule has 1 saturated heterocycles.